The Balaban J connectivity index is 2.25. The summed E-state index contributed by atoms with van der Waals surface area (Å²) in [6.07, 6.45) is 3.12. The van der Waals surface area contributed by atoms with Crippen LogP contribution >= 0.6 is 0 Å². The zero-order valence-corrected chi connectivity index (χ0v) is 17.2. The molecule has 1 aliphatic rings. The second-order valence-electron chi connectivity index (χ2n) is 7.17. The molecule has 4 atom stereocenters. The number of nitro benzene ring substituents is 2. The summed E-state index contributed by atoms with van der Waals surface area (Å²) in [5, 5.41) is 23.2. The minimum atomic E-state index is -1.21. The summed E-state index contributed by atoms with van der Waals surface area (Å²) in [5.74, 6) is -5.74. The third-order valence-corrected chi connectivity index (χ3v) is 5.62. The van der Waals surface area contributed by atoms with Gasteiger partial charge in [0, 0.05) is 35.1 Å². The topological polar surface area (TPSA) is 139 Å². The highest BCUT2D eigenvalue weighted by atomic mass is 16.6. The molecule has 0 aliphatic heterocycles. The molecule has 10 nitrogen and oxygen atoms in total. The molecule has 3 rings (SSSR count). The van der Waals surface area contributed by atoms with Crippen LogP contribution in [0.3, 0.4) is 0 Å². The zero-order valence-electron chi connectivity index (χ0n) is 17.2. The van der Waals surface area contributed by atoms with Crippen molar-refractivity contribution in [2.75, 3.05) is 14.2 Å². The first-order valence-electron chi connectivity index (χ1n) is 9.62. The van der Waals surface area contributed by atoms with Gasteiger partial charge in [0.1, 0.15) is 0 Å². The first kappa shape index (κ1) is 22.6. The highest BCUT2D eigenvalue weighted by Crippen LogP contribution is 2.48. The van der Waals surface area contributed by atoms with Crippen molar-refractivity contribution in [2.24, 2.45) is 11.8 Å². The number of carbonyl (C=O) groups excluding carboxylic acids is 2. The molecule has 2 aromatic carbocycles. The van der Waals surface area contributed by atoms with Gasteiger partial charge in [-0.05, 0) is 0 Å². The van der Waals surface area contributed by atoms with Gasteiger partial charge in [0.2, 0.25) is 0 Å². The highest BCUT2D eigenvalue weighted by molar-refractivity contribution is 5.85. The average molecular weight is 440 g/mol. The summed E-state index contributed by atoms with van der Waals surface area (Å²) in [6.45, 7) is 0. The predicted octanol–water partition coefficient (Wildman–Crippen LogP) is 3.52. The van der Waals surface area contributed by atoms with Gasteiger partial charge < -0.3 is 9.47 Å². The van der Waals surface area contributed by atoms with Crippen molar-refractivity contribution in [3.05, 3.63) is 92.0 Å². The number of nitrogens with zero attached hydrogens (tertiary/aromatic N) is 2. The Labute approximate surface area is 182 Å². The lowest BCUT2D eigenvalue weighted by molar-refractivity contribution is -0.386. The van der Waals surface area contributed by atoms with Crippen molar-refractivity contribution in [1.29, 1.82) is 0 Å². The van der Waals surface area contributed by atoms with E-state index in [0.29, 0.717) is 0 Å². The minimum Gasteiger partial charge on any atom is -0.469 e. The van der Waals surface area contributed by atoms with Crippen LogP contribution in [-0.4, -0.2) is 36.0 Å². The van der Waals surface area contributed by atoms with Crippen LogP contribution in [-0.2, 0) is 19.1 Å². The van der Waals surface area contributed by atoms with Gasteiger partial charge >= 0.3 is 11.9 Å². The van der Waals surface area contributed by atoms with Crippen LogP contribution < -0.4 is 0 Å². The number of allylic oxidation sites excluding steroid dienone is 2. The van der Waals surface area contributed by atoms with E-state index in [4.69, 9.17) is 9.47 Å². The van der Waals surface area contributed by atoms with Crippen molar-refractivity contribution < 1.29 is 28.9 Å². The van der Waals surface area contributed by atoms with E-state index in [9.17, 15) is 29.8 Å². The SMILES string of the molecule is COC(=O)[C@@H]1[C@@H](C(=O)OC)[C@H](c2ccccc2[N+](=O)[O-])C=C[C@@H]1c1ccccc1[N+](=O)[O-]. The molecule has 0 aromatic heterocycles. The zero-order chi connectivity index (χ0) is 23.4. The molecule has 0 amide bonds. The molecular weight excluding hydrogens is 420 g/mol. The molecular formula is C22H20N2O8. The normalized spacial score (nSPS) is 22.1. The molecule has 0 spiro atoms. The number of para-hydroxylation sites is 2. The summed E-state index contributed by atoms with van der Waals surface area (Å²) >= 11 is 0. The molecule has 0 unspecified atom stereocenters. The molecule has 0 bridgehead atoms. The van der Waals surface area contributed by atoms with Crippen LogP contribution in [0, 0.1) is 32.1 Å². The van der Waals surface area contributed by atoms with E-state index >= 15 is 0 Å². The van der Waals surface area contributed by atoms with Gasteiger partial charge in [0.25, 0.3) is 11.4 Å². The lowest BCUT2D eigenvalue weighted by Gasteiger charge is -2.36. The van der Waals surface area contributed by atoms with Gasteiger partial charge in [-0.25, -0.2) is 0 Å². The van der Waals surface area contributed by atoms with Gasteiger partial charge in [0.15, 0.2) is 0 Å². The molecule has 0 fully saturated rings. The van der Waals surface area contributed by atoms with Crippen molar-refractivity contribution >= 4 is 23.3 Å². The maximum absolute atomic E-state index is 12.9. The van der Waals surface area contributed by atoms with E-state index in [1.54, 1.807) is 24.3 Å². The summed E-state index contributed by atoms with van der Waals surface area (Å²) in [6, 6.07) is 11.8. The number of methoxy groups -OCH3 is 2. The van der Waals surface area contributed by atoms with E-state index < -0.39 is 45.5 Å². The van der Waals surface area contributed by atoms with Gasteiger partial charge in [-0.1, -0.05) is 48.6 Å². The minimum absolute atomic E-state index is 0.219. The van der Waals surface area contributed by atoms with Gasteiger partial charge in [-0.3, -0.25) is 29.8 Å². The summed E-state index contributed by atoms with van der Waals surface area (Å²) < 4.78 is 9.89. The Hall–Kier alpha value is -4.08. The van der Waals surface area contributed by atoms with E-state index in [1.165, 1.54) is 36.4 Å². The Kier molecular flexibility index (Phi) is 6.62. The number of carbonyl (C=O) groups is 2. The van der Waals surface area contributed by atoms with E-state index in [0.717, 1.165) is 14.2 Å². The predicted molar refractivity (Wildman–Crippen MR) is 112 cm³/mol. The van der Waals surface area contributed by atoms with Crippen molar-refractivity contribution in [1.82, 2.24) is 0 Å². The van der Waals surface area contributed by atoms with Crippen LogP contribution in [0.5, 0.6) is 0 Å². The lowest BCUT2D eigenvalue weighted by Crippen LogP contribution is -2.41. The number of hydrogen-bond donors (Lipinski definition) is 0. The fourth-order valence-corrected chi connectivity index (χ4v) is 4.25. The van der Waals surface area contributed by atoms with Crippen molar-refractivity contribution in [2.45, 2.75) is 11.8 Å². The van der Waals surface area contributed by atoms with Gasteiger partial charge in [-0.2, -0.15) is 0 Å². The second kappa shape index (κ2) is 9.38. The summed E-state index contributed by atoms with van der Waals surface area (Å²) in [4.78, 5) is 47.8. The average Bonchev–Trinajstić information content (AvgIpc) is 2.81. The fourth-order valence-electron chi connectivity index (χ4n) is 4.25. The van der Waals surface area contributed by atoms with E-state index in [-0.39, 0.29) is 22.5 Å². The Bertz CT molecular complexity index is 1010. The van der Waals surface area contributed by atoms with Crippen LogP contribution in [0.25, 0.3) is 0 Å². The quantitative estimate of drug-likeness (QED) is 0.288. The van der Waals surface area contributed by atoms with Crippen LogP contribution in [0.1, 0.15) is 23.0 Å². The number of ether oxygens (including phenoxy) is 2. The van der Waals surface area contributed by atoms with Crippen molar-refractivity contribution in [3.8, 4) is 0 Å². The molecule has 1 aliphatic carbocycles. The Morgan fingerprint density at radius 2 is 1.06 bits per heavy atom. The van der Waals surface area contributed by atoms with Gasteiger partial charge in [0.05, 0.1) is 35.9 Å². The molecule has 32 heavy (non-hydrogen) atoms. The number of nitro groups is 2. The summed E-state index contributed by atoms with van der Waals surface area (Å²) in [7, 11) is 2.29. The molecule has 0 N–H and O–H groups in total. The van der Waals surface area contributed by atoms with E-state index in [1.807, 2.05) is 0 Å². The number of rotatable bonds is 6. The maximum atomic E-state index is 12.9. The van der Waals surface area contributed by atoms with Crippen molar-refractivity contribution in [3.63, 3.8) is 0 Å². The van der Waals surface area contributed by atoms with Gasteiger partial charge in [-0.15, -0.1) is 0 Å². The molecule has 10 heteroatoms. The molecule has 0 saturated heterocycles. The van der Waals surface area contributed by atoms with Crippen LogP contribution in [0.15, 0.2) is 60.7 Å². The first-order chi connectivity index (χ1) is 15.3. The fraction of sp³-hybridized carbons (Fsp3) is 0.273. The first-order valence-corrected chi connectivity index (χ1v) is 9.62. The Morgan fingerprint density at radius 3 is 1.38 bits per heavy atom. The maximum Gasteiger partial charge on any atom is 0.310 e. The van der Waals surface area contributed by atoms with E-state index in [2.05, 4.69) is 0 Å². The molecule has 0 saturated carbocycles. The molecule has 2 aromatic rings. The number of benzene rings is 2. The third-order valence-electron chi connectivity index (χ3n) is 5.62. The van der Waals surface area contributed by atoms with Crippen LogP contribution in [0.2, 0.25) is 0 Å². The molecule has 0 heterocycles. The van der Waals surface area contributed by atoms with Crippen LogP contribution in [0.4, 0.5) is 11.4 Å². The molecule has 166 valence electrons. The monoisotopic (exact) mass is 440 g/mol. The Morgan fingerprint density at radius 1 is 0.719 bits per heavy atom. The number of esters is 2. The largest absolute Gasteiger partial charge is 0.469 e. The standard InChI is InChI=1S/C22H20N2O8/c1-31-21(25)19-15(13-7-3-5-9-17(13)23(27)28)11-12-16(20(19)22(26)32-2)14-8-4-6-10-18(14)24(29)30/h3-12,15-16,19-20H,1-2H3/t15-,16+,19-,20-/m0/s1. The lowest BCUT2D eigenvalue weighted by atomic mass is 9.66. The highest BCUT2D eigenvalue weighted by Gasteiger charge is 2.49. The smallest absolute Gasteiger partial charge is 0.310 e. The second-order valence-corrected chi connectivity index (χ2v) is 7.17. The summed E-state index contributed by atoms with van der Waals surface area (Å²) in [5.41, 5.74) is 0.00532. The number of hydrogen-bond acceptors (Lipinski definition) is 8. The third kappa shape index (κ3) is 4.07. The molecule has 0 radical (unpaired) electrons.